The first kappa shape index (κ1) is 22.0. The zero-order chi connectivity index (χ0) is 22.6. The molecule has 1 fully saturated rings. The molecule has 168 valence electrons. The van der Waals surface area contributed by atoms with E-state index in [2.05, 4.69) is 14.5 Å². The number of sulfonamides is 1. The maximum atomic E-state index is 12.5. The van der Waals surface area contributed by atoms with Gasteiger partial charge in [0.1, 0.15) is 5.76 Å². The van der Waals surface area contributed by atoms with E-state index in [-0.39, 0.29) is 10.6 Å². The lowest BCUT2D eigenvalue weighted by Crippen LogP contribution is -2.45. The molecule has 1 saturated heterocycles. The molecule has 32 heavy (non-hydrogen) atoms. The van der Waals surface area contributed by atoms with Gasteiger partial charge in [-0.3, -0.25) is 24.6 Å². The fourth-order valence-corrected chi connectivity index (χ4v) is 4.68. The summed E-state index contributed by atoms with van der Waals surface area (Å²) in [6.07, 6.45) is 1.70. The molecule has 1 aromatic heterocycles. The number of rotatable bonds is 8. The van der Waals surface area contributed by atoms with Crippen LogP contribution in [0.15, 0.2) is 76.2 Å². The Kier molecular flexibility index (Phi) is 6.54. The van der Waals surface area contributed by atoms with E-state index >= 15 is 0 Å². The fraction of sp³-hybridized carbons (Fsp3) is 0.273. The van der Waals surface area contributed by atoms with Gasteiger partial charge in [-0.15, -0.1) is 0 Å². The van der Waals surface area contributed by atoms with Gasteiger partial charge in [-0.1, -0.05) is 12.1 Å². The molecule has 1 aliphatic heterocycles. The minimum absolute atomic E-state index is 0.0282. The van der Waals surface area contributed by atoms with E-state index in [0.717, 1.165) is 50.6 Å². The number of piperazine rings is 1. The van der Waals surface area contributed by atoms with Gasteiger partial charge in [-0.2, -0.15) is 0 Å². The second-order valence-electron chi connectivity index (χ2n) is 7.69. The zero-order valence-corrected chi connectivity index (χ0v) is 18.2. The van der Waals surface area contributed by atoms with Crippen LogP contribution in [0.3, 0.4) is 0 Å². The molecular weight excluding hydrogens is 432 g/mol. The Morgan fingerprint density at radius 2 is 1.53 bits per heavy atom. The molecule has 3 aromatic rings. The van der Waals surface area contributed by atoms with E-state index < -0.39 is 14.9 Å². The van der Waals surface area contributed by atoms with Crippen LogP contribution < -0.4 is 4.72 Å². The van der Waals surface area contributed by atoms with E-state index in [4.69, 9.17) is 4.42 Å². The first-order valence-electron chi connectivity index (χ1n) is 10.2. The van der Waals surface area contributed by atoms with Gasteiger partial charge >= 0.3 is 0 Å². The summed E-state index contributed by atoms with van der Waals surface area (Å²) in [6, 6.07) is 16.0. The molecule has 1 aliphatic rings. The maximum absolute atomic E-state index is 12.5. The number of nitro benzene ring substituents is 1. The highest BCUT2D eigenvalue weighted by molar-refractivity contribution is 7.92. The Morgan fingerprint density at radius 1 is 0.906 bits per heavy atom. The van der Waals surface area contributed by atoms with Gasteiger partial charge in [0.25, 0.3) is 15.7 Å². The zero-order valence-electron chi connectivity index (χ0n) is 17.4. The van der Waals surface area contributed by atoms with Crippen molar-refractivity contribution < 1.29 is 17.8 Å². The number of nitro groups is 1. The third-order valence-electron chi connectivity index (χ3n) is 5.39. The molecule has 0 saturated carbocycles. The van der Waals surface area contributed by atoms with Crippen LogP contribution in [-0.4, -0.2) is 49.3 Å². The standard InChI is InChI=1S/C22H24N4O5S/c27-26(28)20-7-9-22(10-8-20)32(29,30)23-19-5-3-18(4-6-19)16-24-11-13-25(14-12-24)17-21-2-1-15-31-21/h1-10,15,23H,11-14,16-17H2. The van der Waals surface area contributed by atoms with Crippen molar-refractivity contribution in [3.05, 3.63) is 88.4 Å². The minimum atomic E-state index is -3.82. The number of nitrogens with one attached hydrogen (secondary N) is 1. The molecule has 9 nitrogen and oxygen atoms in total. The molecule has 10 heteroatoms. The Bertz CT molecular complexity index is 1140. The summed E-state index contributed by atoms with van der Waals surface area (Å²) < 4.78 is 33.0. The average Bonchev–Trinajstić information content (AvgIpc) is 3.29. The molecule has 0 aliphatic carbocycles. The molecule has 4 rings (SSSR count). The molecule has 0 atom stereocenters. The van der Waals surface area contributed by atoms with Gasteiger partial charge in [0, 0.05) is 50.5 Å². The van der Waals surface area contributed by atoms with Crippen molar-refractivity contribution in [1.82, 2.24) is 9.80 Å². The SMILES string of the molecule is O=[N+]([O-])c1ccc(S(=O)(=O)Nc2ccc(CN3CCN(Cc4ccco4)CC3)cc2)cc1. The van der Waals surface area contributed by atoms with Crippen molar-refractivity contribution in [2.75, 3.05) is 30.9 Å². The highest BCUT2D eigenvalue weighted by atomic mass is 32.2. The van der Waals surface area contributed by atoms with Crippen LogP contribution in [0.2, 0.25) is 0 Å². The van der Waals surface area contributed by atoms with Crippen molar-refractivity contribution in [3.8, 4) is 0 Å². The Hall–Kier alpha value is -3.21. The van der Waals surface area contributed by atoms with Gasteiger partial charge in [0.05, 0.1) is 22.6 Å². The summed E-state index contributed by atoms with van der Waals surface area (Å²) in [5, 5.41) is 10.7. The maximum Gasteiger partial charge on any atom is 0.269 e. The van der Waals surface area contributed by atoms with Crippen LogP contribution in [0.5, 0.6) is 0 Å². The van der Waals surface area contributed by atoms with Gasteiger partial charge in [0.2, 0.25) is 0 Å². The van der Waals surface area contributed by atoms with Crippen molar-refractivity contribution >= 4 is 21.4 Å². The van der Waals surface area contributed by atoms with E-state index in [1.165, 1.54) is 24.3 Å². The van der Waals surface area contributed by atoms with Gasteiger partial charge in [0.15, 0.2) is 0 Å². The summed E-state index contributed by atoms with van der Waals surface area (Å²) in [5.41, 5.74) is 1.38. The van der Waals surface area contributed by atoms with Crippen LogP contribution in [0, 0.1) is 10.1 Å². The number of hydrogen-bond donors (Lipinski definition) is 1. The van der Waals surface area contributed by atoms with E-state index in [0.29, 0.717) is 5.69 Å². The van der Waals surface area contributed by atoms with Crippen LogP contribution in [0.4, 0.5) is 11.4 Å². The van der Waals surface area contributed by atoms with Gasteiger partial charge in [-0.25, -0.2) is 8.42 Å². The molecule has 2 heterocycles. The molecule has 2 aromatic carbocycles. The van der Waals surface area contributed by atoms with Crippen LogP contribution in [0.1, 0.15) is 11.3 Å². The van der Waals surface area contributed by atoms with Crippen LogP contribution >= 0.6 is 0 Å². The lowest BCUT2D eigenvalue weighted by molar-refractivity contribution is -0.384. The summed E-state index contributed by atoms with van der Waals surface area (Å²) in [7, 11) is -3.82. The predicted molar refractivity (Wildman–Crippen MR) is 120 cm³/mol. The number of non-ortho nitro benzene ring substituents is 1. The van der Waals surface area contributed by atoms with Crippen LogP contribution in [-0.2, 0) is 23.1 Å². The van der Waals surface area contributed by atoms with Crippen LogP contribution in [0.25, 0.3) is 0 Å². The van der Waals surface area contributed by atoms with E-state index in [1.807, 2.05) is 24.3 Å². The van der Waals surface area contributed by atoms with Gasteiger partial charge < -0.3 is 4.42 Å². The first-order valence-corrected chi connectivity index (χ1v) is 11.7. The molecule has 1 N–H and O–H groups in total. The van der Waals surface area contributed by atoms with Crippen molar-refractivity contribution in [2.24, 2.45) is 0 Å². The average molecular weight is 457 g/mol. The van der Waals surface area contributed by atoms with Crippen molar-refractivity contribution in [2.45, 2.75) is 18.0 Å². The number of furan rings is 1. The monoisotopic (exact) mass is 456 g/mol. The topological polar surface area (TPSA) is 109 Å². The summed E-state index contributed by atoms with van der Waals surface area (Å²) in [6.45, 7) is 5.46. The molecular formula is C22H24N4O5S. The minimum Gasteiger partial charge on any atom is -0.468 e. The Morgan fingerprint density at radius 3 is 2.09 bits per heavy atom. The lowest BCUT2D eigenvalue weighted by Gasteiger charge is -2.34. The second kappa shape index (κ2) is 9.51. The Labute approximate surface area is 186 Å². The molecule has 0 bridgehead atoms. The summed E-state index contributed by atoms with van der Waals surface area (Å²) in [4.78, 5) is 14.9. The highest BCUT2D eigenvalue weighted by Gasteiger charge is 2.19. The predicted octanol–water partition coefficient (Wildman–Crippen LogP) is 3.31. The third kappa shape index (κ3) is 5.52. The van der Waals surface area contributed by atoms with E-state index in [9.17, 15) is 18.5 Å². The molecule has 0 unspecified atom stereocenters. The quantitative estimate of drug-likeness (QED) is 0.409. The van der Waals surface area contributed by atoms with E-state index in [1.54, 1.807) is 18.4 Å². The third-order valence-corrected chi connectivity index (χ3v) is 6.79. The number of nitrogens with zero attached hydrogens (tertiary/aromatic N) is 3. The molecule has 0 spiro atoms. The first-order chi connectivity index (χ1) is 15.4. The molecule has 0 amide bonds. The summed E-state index contributed by atoms with van der Waals surface area (Å²) >= 11 is 0. The summed E-state index contributed by atoms with van der Waals surface area (Å²) in [5.74, 6) is 0.977. The molecule has 0 radical (unpaired) electrons. The number of anilines is 1. The normalized spacial score (nSPS) is 15.5. The fourth-order valence-electron chi connectivity index (χ4n) is 3.63. The largest absolute Gasteiger partial charge is 0.468 e. The highest BCUT2D eigenvalue weighted by Crippen LogP contribution is 2.20. The number of benzene rings is 2. The van der Waals surface area contributed by atoms with Crippen molar-refractivity contribution in [1.29, 1.82) is 0 Å². The second-order valence-corrected chi connectivity index (χ2v) is 9.37. The number of hydrogen-bond acceptors (Lipinski definition) is 7. The lowest BCUT2D eigenvalue weighted by atomic mass is 10.2. The van der Waals surface area contributed by atoms with Crippen molar-refractivity contribution in [3.63, 3.8) is 0 Å². The Balaban J connectivity index is 1.30. The van der Waals surface area contributed by atoms with Gasteiger partial charge in [-0.05, 0) is 42.0 Å². The smallest absolute Gasteiger partial charge is 0.269 e.